The van der Waals surface area contributed by atoms with Crippen LogP contribution in [-0.4, -0.2) is 22.9 Å². The van der Waals surface area contributed by atoms with Crippen LogP contribution in [0, 0.1) is 6.92 Å². The van der Waals surface area contributed by atoms with Crippen molar-refractivity contribution in [3.63, 3.8) is 0 Å². The highest BCUT2D eigenvalue weighted by Crippen LogP contribution is 2.18. The number of para-hydroxylation sites is 3. The van der Waals surface area contributed by atoms with Crippen LogP contribution in [0.25, 0.3) is 43.5 Å². The summed E-state index contributed by atoms with van der Waals surface area (Å²) >= 11 is 0. The quantitative estimate of drug-likeness (QED) is 0.166. The summed E-state index contributed by atoms with van der Waals surface area (Å²) in [5.41, 5.74) is 4.03. The molecule has 0 spiro atoms. The highest BCUT2D eigenvalue weighted by atomic mass is 32.2. The lowest BCUT2D eigenvalue weighted by Crippen LogP contribution is -2.03. The molecule has 5 aromatic carbocycles. The normalized spacial score (nSPS) is 11.1. The molecule has 7 rings (SSSR count). The molecule has 0 amide bonds. The van der Waals surface area contributed by atoms with Crippen LogP contribution in [-0.2, 0) is 10.1 Å². The fraction of sp³-hybridized carbons (Fsp3) is 0.0303. The molecule has 0 bridgehead atoms. The van der Waals surface area contributed by atoms with E-state index in [2.05, 4.69) is 22.1 Å². The molecule has 0 aliphatic carbocycles. The number of hydrogen-bond acceptors (Lipinski definition) is 4. The fourth-order valence-electron chi connectivity index (χ4n) is 4.37. The summed E-state index contributed by atoms with van der Waals surface area (Å²) in [6.45, 7) is 2.01. The van der Waals surface area contributed by atoms with Gasteiger partial charge in [0.25, 0.3) is 10.1 Å². The molecule has 6 nitrogen and oxygen atoms in total. The first-order valence-electron chi connectivity index (χ1n) is 12.6. The number of pyridine rings is 2. The number of aromatic nitrogens is 2. The third-order valence-electron chi connectivity index (χ3n) is 6.37. The maximum atomic E-state index is 12.1. The molecule has 7 aromatic rings. The molecule has 198 valence electrons. The largest absolute Gasteiger partial charge is 0.354 e. The standard InChI is InChI=1S/C13H9NO.C10H9N.C10H8O3S/c15-13-9-5-1-3-7-11(9)14-12-8-4-2-6-10(12)13;1-8-6-7-9-4-2-3-5-10(9)11-8;11-14(12,13)10-6-5-8-3-1-2-4-9(8)7-10/h1-8H,(H,14,15);2-7H,1H3;1-7H,(H,11,12,13). The number of benzene rings is 5. The average Bonchev–Trinajstić information content (AvgIpc) is 2.97. The third-order valence-corrected chi connectivity index (χ3v) is 7.22. The van der Waals surface area contributed by atoms with Crippen molar-refractivity contribution in [3.8, 4) is 0 Å². The van der Waals surface area contributed by atoms with Gasteiger partial charge in [-0.3, -0.25) is 14.3 Å². The Morgan fingerprint density at radius 1 is 0.625 bits per heavy atom. The van der Waals surface area contributed by atoms with Gasteiger partial charge in [0.1, 0.15) is 0 Å². The summed E-state index contributed by atoms with van der Waals surface area (Å²) in [6, 6.07) is 39.3. The highest BCUT2D eigenvalue weighted by molar-refractivity contribution is 7.85. The van der Waals surface area contributed by atoms with Gasteiger partial charge < -0.3 is 4.98 Å². The molecule has 2 aromatic heterocycles. The van der Waals surface area contributed by atoms with Crippen LogP contribution in [0.5, 0.6) is 0 Å². The Balaban J connectivity index is 0.000000123. The Bertz CT molecular complexity index is 2080. The first-order valence-corrected chi connectivity index (χ1v) is 14.0. The predicted octanol–water partition coefficient (Wildman–Crippen LogP) is 7.31. The Morgan fingerprint density at radius 3 is 1.80 bits per heavy atom. The van der Waals surface area contributed by atoms with Crippen molar-refractivity contribution < 1.29 is 13.0 Å². The summed E-state index contributed by atoms with van der Waals surface area (Å²) in [4.78, 5) is 19.6. The van der Waals surface area contributed by atoms with Crippen LogP contribution in [0.3, 0.4) is 0 Å². The zero-order valence-corrected chi connectivity index (χ0v) is 22.5. The number of nitrogens with zero attached hydrogens (tertiary/aromatic N) is 1. The molecule has 40 heavy (non-hydrogen) atoms. The van der Waals surface area contributed by atoms with Crippen LogP contribution < -0.4 is 5.43 Å². The first kappa shape index (κ1) is 26.7. The number of aryl methyl sites for hydroxylation is 1. The number of rotatable bonds is 1. The molecule has 0 atom stereocenters. The van der Waals surface area contributed by atoms with Crippen LogP contribution >= 0.6 is 0 Å². The molecule has 0 unspecified atom stereocenters. The van der Waals surface area contributed by atoms with E-state index in [0.29, 0.717) is 0 Å². The zero-order chi connectivity index (χ0) is 28.1. The van der Waals surface area contributed by atoms with Gasteiger partial charge in [-0.15, -0.1) is 0 Å². The SMILES string of the molecule is Cc1ccc2ccccc2n1.O=S(=O)(O)c1ccc2ccccc2c1.O=c1c2ccccc2[nH]c2ccccc12. The number of hydrogen-bond donors (Lipinski definition) is 2. The molecular weight excluding hydrogens is 520 g/mol. The molecule has 0 saturated carbocycles. The van der Waals surface area contributed by atoms with E-state index in [1.54, 1.807) is 12.1 Å². The van der Waals surface area contributed by atoms with Gasteiger partial charge in [-0.25, -0.2) is 0 Å². The lowest BCUT2D eigenvalue weighted by Gasteiger charge is -2.01. The van der Waals surface area contributed by atoms with E-state index in [1.165, 1.54) is 17.5 Å². The lowest BCUT2D eigenvalue weighted by atomic mass is 10.1. The molecule has 0 aliphatic rings. The van der Waals surface area contributed by atoms with Gasteiger partial charge in [-0.05, 0) is 66.2 Å². The fourth-order valence-corrected chi connectivity index (χ4v) is 4.88. The minimum atomic E-state index is -4.09. The molecule has 0 aliphatic heterocycles. The number of fused-ring (bicyclic) bond motifs is 4. The summed E-state index contributed by atoms with van der Waals surface area (Å²) in [7, 11) is -4.09. The minimum absolute atomic E-state index is 0.0730. The summed E-state index contributed by atoms with van der Waals surface area (Å²) in [5.74, 6) is 0. The molecule has 7 heteroatoms. The maximum Gasteiger partial charge on any atom is 0.294 e. The van der Waals surface area contributed by atoms with Crippen molar-refractivity contribution in [2.75, 3.05) is 0 Å². The zero-order valence-electron chi connectivity index (χ0n) is 21.7. The second kappa shape index (κ2) is 11.5. The van der Waals surface area contributed by atoms with Crippen LogP contribution in [0.1, 0.15) is 5.69 Å². The van der Waals surface area contributed by atoms with Gasteiger partial charge in [0, 0.05) is 32.9 Å². The molecule has 0 radical (unpaired) electrons. The number of aromatic amines is 1. The monoisotopic (exact) mass is 546 g/mol. The third kappa shape index (κ3) is 6.07. The molecule has 2 heterocycles. The van der Waals surface area contributed by atoms with Gasteiger partial charge in [0.15, 0.2) is 5.43 Å². The van der Waals surface area contributed by atoms with Crippen molar-refractivity contribution in [2.24, 2.45) is 0 Å². The van der Waals surface area contributed by atoms with E-state index in [9.17, 15) is 13.2 Å². The molecule has 0 fully saturated rings. The first-order chi connectivity index (χ1) is 19.3. The van der Waals surface area contributed by atoms with E-state index in [4.69, 9.17) is 4.55 Å². The van der Waals surface area contributed by atoms with Gasteiger partial charge in [-0.2, -0.15) is 8.42 Å². The van der Waals surface area contributed by atoms with Gasteiger partial charge >= 0.3 is 0 Å². The van der Waals surface area contributed by atoms with Crippen LogP contribution in [0.2, 0.25) is 0 Å². The van der Waals surface area contributed by atoms with Gasteiger partial charge in [0.05, 0.1) is 10.4 Å². The van der Waals surface area contributed by atoms with E-state index in [0.717, 1.165) is 43.8 Å². The second-order valence-electron chi connectivity index (χ2n) is 9.17. The van der Waals surface area contributed by atoms with Crippen molar-refractivity contribution in [2.45, 2.75) is 11.8 Å². The highest BCUT2D eigenvalue weighted by Gasteiger charge is 2.09. The lowest BCUT2D eigenvalue weighted by molar-refractivity contribution is 0.483. The minimum Gasteiger partial charge on any atom is -0.354 e. The summed E-state index contributed by atoms with van der Waals surface area (Å²) in [5, 5.41) is 4.44. The smallest absolute Gasteiger partial charge is 0.294 e. The molecular formula is C33H26N2O4S. The topological polar surface area (TPSA) is 100 Å². The van der Waals surface area contributed by atoms with Crippen molar-refractivity contribution >= 4 is 53.6 Å². The van der Waals surface area contributed by atoms with E-state index in [1.807, 2.05) is 97.9 Å². The maximum absolute atomic E-state index is 12.1. The van der Waals surface area contributed by atoms with Crippen molar-refractivity contribution in [3.05, 3.63) is 143 Å². The van der Waals surface area contributed by atoms with Crippen molar-refractivity contribution in [1.82, 2.24) is 9.97 Å². The Kier molecular flexibility index (Phi) is 7.68. The number of H-pyrrole nitrogens is 1. The van der Waals surface area contributed by atoms with E-state index in [-0.39, 0.29) is 10.3 Å². The van der Waals surface area contributed by atoms with Gasteiger partial charge in [0.2, 0.25) is 0 Å². The average molecular weight is 547 g/mol. The Labute approximate surface area is 231 Å². The Hall–Kier alpha value is -4.85. The predicted molar refractivity (Wildman–Crippen MR) is 162 cm³/mol. The van der Waals surface area contributed by atoms with Crippen LogP contribution in [0.4, 0.5) is 0 Å². The summed E-state index contributed by atoms with van der Waals surface area (Å²) in [6.07, 6.45) is 0. The van der Waals surface area contributed by atoms with E-state index < -0.39 is 10.1 Å². The van der Waals surface area contributed by atoms with Gasteiger partial charge in [-0.1, -0.05) is 78.9 Å². The molecule has 0 saturated heterocycles. The molecule has 2 N–H and O–H groups in total. The summed E-state index contributed by atoms with van der Waals surface area (Å²) < 4.78 is 30.5. The van der Waals surface area contributed by atoms with Crippen LogP contribution in [0.15, 0.2) is 137 Å². The number of nitrogens with one attached hydrogen (secondary N) is 1. The second-order valence-corrected chi connectivity index (χ2v) is 10.6. The van der Waals surface area contributed by atoms with E-state index >= 15 is 0 Å². The Morgan fingerprint density at radius 2 is 1.15 bits per heavy atom. The van der Waals surface area contributed by atoms with Crippen molar-refractivity contribution in [1.29, 1.82) is 0 Å².